The van der Waals surface area contributed by atoms with E-state index in [9.17, 15) is 14.7 Å². The highest BCUT2D eigenvalue weighted by molar-refractivity contribution is 5.85. The molecule has 1 aromatic carbocycles. The fraction of sp³-hybridized carbons (Fsp3) is 0.375. The molecule has 0 aliphatic carbocycles. The number of ether oxygens (including phenoxy) is 1. The van der Waals surface area contributed by atoms with Gasteiger partial charge < -0.3 is 19.3 Å². The van der Waals surface area contributed by atoms with Crippen molar-refractivity contribution in [3.63, 3.8) is 0 Å². The number of aryl methyl sites for hydroxylation is 1. The highest BCUT2D eigenvalue weighted by Gasteiger charge is 2.34. The summed E-state index contributed by atoms with van der Waals surface area (Å²) >= 11 is 0. The molecule has 126 valence electrons. The summed E-state index contributed by atoms with van der Waals surface area (Å²) in [7, 11) is 0. The summed E-state index contributed by atoms with van der Waals surface area (Å²) in [5.74, 6) is -0.643. The number of aromatic nitrogens is 2. The van der Waals surface area contributed by atoms with Crippen molar-refractivity contribution in [2.75, 3.05) is 6.61 Å². The highest BCUT2D eigenvalue weighted by Crippen LogP contribution is 2.23. The van der Waals surface area contributed by atoms with Gasteiger partial charge in [0.15, 0.2) is 5.82 Å². The average Bonchev–Trinajstić information content (AvgIpc) is 2.98. The smallest absolute Gasteiger partial charge is 0.326 e. The van der Waals surface area contributed by atoms with Gasteiger partial charge in [0.05, 0.1) is 0 Å². The molecule has 1 atom stereocenters. The van der Waals surface area contributed by atoms with Gasteiger partial charge in [-0.05, 0) is 18.1 Å². The fourth-order valence-corrected chi connectivity index (χ4v) is 2.71. The van der Waals surface area contributed by atoms with Gasteiger partial charge >= 0.3 is 5.97 Å². The molecule has 2 heterocycles. The topological polar surface area (TPSA) is 106 Å². The van der Waals surface area contributed by atoms with Crippen molar-refractivity contribution in [3.8, 4) is 0 Å². The van der Waals surface area contributed by atoms with Gasteiger partial charge in [0.1, 0.15) is 19.3 Å². The molecule has 0 spiro atoms. The molecular weight excluding hydrogens is 314 g/mol. The maximum absolute atomic E-state index is 12.4. The second kappa shape index (κ2) is 6.79. The largest absolute Gasteiger partial charge is 0.480 e. The number of carbonyl (C=O) groups excluding carboxylic acids is 1. The number of carbonyl (C=O) groups is 2. The van der Waals surface area contributed by atoms with E-state index < -0.39 is 12.0 Å². The number of carboxylic acid groups (broad SMARTS) is 1. The summed E-state index contributed by atoms with van der Waals surface area (Å²) < 4.78 is 10.2. The molecule has 24 heavy (non-hydrogen) atoms. The van der Waals surface area contributed by atoms with Crippen molar-refractivity contribution >= 4 is 11.9 Å². The Labute approximate surface area is 138 Å². The fourth-order valence-electron chi connectivity index (χ4n) is 2.71. The van der Waals surface area contributed by atoms with Crippen LogP contribution >= 0.6 is 0 Å². The number of nitrogens with zero attached hydrogens (tertiary/aromatic N) is 3. The van der Waals surface area contributed by atoms with E-state index >= 15 is 0 Å². The number of hydrogen-bond acceptors (Lipinski definition) is 6. The second-order valence-electron chi connectivity index (χ2n) is 5.58. The standard InChI is InChI=1S/C16H17N3O5/c1-10-17-14(24-18-10)8-23-9-15(20)19-7-12-5-3-2-4-11(12)6-13(19)16(21)22/h2-5,13H,6-9H2,1H3,(H,21,22)/t13-/m0/s1. The highest BCUT2D eigenvalue weighted by atomic mass is 16.5. The molecule has 1 aliphatic rings. The third-order valence-electron chi connectivity index (χ3n) is 3.87. The molecule has 8 heteroatoms. The number of amides is 1. The number of hydrogen-bond donors (Lipinski definition) is 1. The Morgan fingerprint density at radius 1 is 1.38 bits per heavy atom. The van der Waals surface area contributed by atoms with Gasteiger partial charge in [0.25, 0.3) is 5.89 Å². The maximum atomic E-state index is 12.4. The van der Waals surface area contributed by atoms with Crippen LogP contribution in [-0.4, -0.2) is 44.7 Å². The summed E-state index contributed by atoms with van der Waals surface area (Å²) in [5, 5.41) is 13.0. The Hall–Kier alpha value is -2.74. The first kappa shape index (κ1) is 16.1. The number of rotatable bonds is 5. The summed E-state index contributed by atoms with van der Waals surface area (Å²) in [4.78, 5) is 29.2. The molecule has 0 saturated heterocycles. The van der Waals surface area contributed by atoms with Crippen LogP contribution < -0.4 is 0 Å². The van der Waals surface area contributed by atoms with Crippen LogP contribution in [0.2, 0.25) is 0 Å². The van der Waals surface area contributed by atoms with Gasteiger partial charge in [-0.1, -0.05) is 29.4 Å². The molecule has 0 radical (unpaired) electrons. The summed E-state index contributed by atoms with van der Waals surface area (Å²) in [6.07, 6.45) is 0.292. The molecule has 1 aliphatic heterocycles. The molecule has 1 amide bonds. The van der Waals surface area contributed by atoms with E-state index in [1.165, 1.54) is 4.90 Å². The van der Waals surface area contributed by atoms with E-state index in [0.29, 0.717) is 12.2 Å². The average molecular weight is 331 g/mol. The number of benzene rings is 1. The van der Waals surface area contributed by atoms with Crippen LogP contribution in [0.3, 0.4) is 0 Å². The minimum absolute atomic E-state index is 0.00868. The van der Waals surface area contributed by atoms with Gasteiger partial charge in [-0.25, -0.2) is 4.79 Å². The molecular formula is C16H17N3O5. The van der Waals surface area contributed by atoms with Gasteiger partial charge in [-0.3, -0.25) is 4.79 Å². The van der Waals surface area contributed by atoms with Crippen LogP contribution in [0.1, 0.15) is 22.8 Å². The summed E-state index contributed by atoms with van der Waals surface area (Å²) in [6.45, 7) is 1.71. The minimum atomic E-state index is -1.02. The lowest BCUT2D eigenvalue weighted by atomic mass is 9.94. The molecule has 0 unspecified atom stereocenters. The molecule has 0 saturated carbocycles. The Morgan fingerprint density at radius 3 is 2.79 bits per heavy atom. The molecule has 3 rings (SSSR count). The molecule has 1 aromatic heterocycles. The Bertz CT molecular complexity index is 758. The van der Waals surface area contributed by atoms with Crippen LogP contribution in [0.25, 0.3) is 0 Å². The van der Waals surface area contributed by atoms with E-state index in [1.54, 1.807) is 6.92 Å². The zero-order valence-corrected chi connectivity index (χ0v) is 13.1. The van der Waals surface area contributed by atoms with Crippen molar-refractivity contribution in [3.05, 3.63) is 47.1 Å². The molecule has 1 N–H and O–H groups in total. The van der Waals surface area contributed by atoms with E-state index in [-0.39, 0.29) is 31.6 Å². The number of carboxylic acids is 1. The van der Waals surface area contributed by atoms with Crippen molar-refractivity contribution in [1.82, 2.24) is 15.0 Å². The van der Waals surface area contributed by atoms with Crippen molar-refractivity contribution < 1.29 is 24.0 Å². The van der Waals surface area contributed by atoms with Crippen LogP contribution in [0.15, 0.2) is 28.8 Å². The van der Waals surface area contributed by atoms with E-state index in [2.05, 4.69) is 10.1 Å². The molecule has 2 aromatic rings. The summed E-state index contributed by atoms with van der Waals surface area (Å²) in [6, 6.07) is 6.64. The van der Waals surface area contributed by atoms with Gasteiger partial charge in [0.2, 0.25) is 5.91 Å². The third-order valence-corrected chi connectivity index (χ3v) is 3.87. The van der Waals surface area contributed by atoms with Gasteiger partial charge in [-0.2, -0.15) is 4.98 Å². The predicted molar refractivity (Wildman–Crippen MR) is 80.8 cm³/mol. The Balaban J connectivity index is 1.64. The van der Waals surface area contributed by atoms with Crippen LogP contribution in [0, 0.1) is 6.92 Å². The predicted octanol–water partition coefficient (Wildman–Crippen LogP) is 0.933. The van der Waals surface area contributed by atoms with E-state index in [1.807, 2.05) is 24.3 Å². The molecule has 0 fully saturated rings. The van der Waals surface area contributed by atoms with Gasteiger partial charge in [-0.15, -0.1) is 0 Å². The number of fused-ring (bicyclic) bond motifs is 1. The molecule has 8 nitrogen and oxygen atoms in total. The summed E-state index contributed by atoms with van der Waals surface area (Å²) in [5.41, 5.74) is 1.91. The lowest BCUT2D eigenvalue weighted by Gasteiger charge is -2.34. The number of aliphatic carboxylic acids is 1. The van der Waals surface area contributed by atoms with E-state index in [0.717, 1.165) is 11.1 Å². The van der Waals surface area contributed by atoms with E-state index in [4.69, 9.17) is 9.26 Å². The van der Waals surface area contributed by atoms with Crippen LogP contribution in [0.5, 0.6) is 0 Å². The quantitative estimate of drug-likeness (QED) is 0.869. The second-order valence-corrected chi connectivity index (χ2v) is 5.58. The SMILES string of the molecule is Cc1noc(COCC(=O)N2Cc3ccccc3C[C@H]2C(=O)O)n1. The molecule has 0 bridgehead atoms. The van der Waals surface area contributed by atoms with Crippen molar-refractivity contribution in [1.29, 1.82) is 0 Å². The first-order valence-corrected chi connectivity index (χ1v) is 7.50. The van der Waals surface area contributed by atoms with Crippen LogP contribution in [0.4, 0.5) is 0 Å². The lowest BCUT2D eigenvalue weighted by molar-refractivity contribution is -0.153. The Kier molecular flexibility index (Phi) is 4.57. The lowest BCUT2D eigenvalue weighted by Crippen LogP contribution is -2.49. The third kappa shape index (κ3) is 3.43. The van der Waals surface area contributed by atoms with Crippen molar-refractivity contribution in [2.24, 2.45) is 0 Å². The first-order chi connectivity index (χ1) is 11.5. The Morgan fingerprint density at radius 2 is 2.12 bits per heavy atom. The first-order valence-electron chi connectivity index (χ1n) is 7.50. The van der Waals surface area contributed by atoms with Crippen LogP contribution in [-0.2, 0) is 33.9 Å². The van der Waals surface area contributed by atoms with Gasteiger partial charge in [0, 0.05) is 13.0 Å². The van der Waals surface area contributed by atoms with Crippen molar-refractivity contribution in [2.45, 2.75) is 32.5 Å². The minimum Gasteiger partial charge on any atom is -0.480 e. The monoisotopic (exact) mass is 331 g/mol. The maximum Gasteiger partial charge on any atom is 0.326 e. The zero-order valence-electron chi connectivity index (χ0n) is 13.1. The normalized spacial score (nSPS) is 16.7. The zero-order chi connectivity index (χ0) is 17.1.